The van der Waals surface area contributed by atoms with Crippen LogP contribution in [-0.2, 0) is 0 Å². The van der Waals surface area contributed by atoms with Crippen LogP contribution in [0.5, 0.6) is 0 Å². The first-order valence-corrected chi connectivity index (χ1v) is 5.54. The lowest BCUT2D eigenvalue weighted by molar-refractivity contribution is 0.421. The van der Waals surface area contributed by atoms with Gasteiger partial charge in [0, 0.05) is 25.5 Å². The summed E-state index contributed by atoms with van der Waals surface area (Å²) >= 11 is 0. The van der Waals surface area contributed by atoms with Crippen molar-refractivity contribution in [3.8, 4) is 0 Å². The zero-order chi connectivity index (χ0) is 10.7. The lowest BCUT2D eigenvalue weighted by Crippen LogP contribution is -2.39. The van der Waals surface area contributed by atoms with E-state index in [1.54, 1.807) is 12.4 Å². The van der Waals surface area contributed by atoms with Crippen LogP contribution < -0.4 is 10.6 Å². The molecule has 82 valence electrons. The summed E-state index contributed by atoms with van der Waals surface area (Å²) in [5.41, 5.74) is 6.73. The first kappa shape index (κ1) is 10.4. The Morgan fingerprint density at radius 1 is 1.47 bits per heavy atom. The smallest absolute Gasteiger partial charge is 0.150 e. The monoisotopic (exact) mass is 206 g/mol. The Bertz CT molecular complexity index is 326. The van der Waals surface area contributed by atoms with Crippen LogP contribution in [-0.4, -0.2) is 29.6 Å². The maximum atomic E-state index is 5.72. The lowest BCUT2D eigenvalue weighted by Gasteiger charge is -2.33. The summed E-state index contributed by atoms with van der Waals surface area (Å²) in [6, 6.07) is 0. The number of rotatable bonds is 2. The fourth-order valence-electron chi connectivity index (χ4n) is 2.16. The maximum Gasteiger partial charge on any atom is 0.150 e. The summed E-state index contributed by atoms with van der Waals surface area (Å²) in [6.45, 7) is 4.89. The van der Waals surface area contributed by atoms with E-state index in [1.807, 2.05) is 6.92 Å². The molecule has 2 N–H and O–H groups in total. The van der Waals surface area contributed by atoms with E-state index in [1.165, 1.54) is 12.8 Å². The molecule has 1 aliphatic rings. The molecule has 1 aliphatic heterocycles. The highest BCUT2D eigenvalue weighted by Crippen LogP contribution is 2.22. The van der Waals surface area contributed by atoms with Gasteiger partial charge < -0.3 is 10.6 Å². The van der Waals surface area contributed by atoms with Crippen molar-refractivity contribution in [3.05, 3.63) is 18.1 Å². The highest BCUT2D eigenvalue weighted by molar-refractivity contribution is 5.42. The first-order valence-electron chi connectivity index (χ1n) is 5.54. The predicted octanol–water partition coefficient (Wildman–Crippen LogP) is 0.960. The fraction of sp³-hybridized carbons (Fsp3) is 0.636. The highest BCUT2D eigenvalue weighted by atomic mass is 15.2. The number of aromatic nitrogens is 2. The molecule has 0 unspecified atom stereocenters. The van der Waals surface area contributed by atoms with Crippen LogP contribution in [0.25, 0.3) is 0 Å². The van der Waals surface area contributed by atoms with Crippen LogP contribution >= 0.6 is 0 Å². The van der Waals surface area contributed by atoms with Gasteiger partial charge in [0.2, 0.25) is 0 Å². The van der Waals surface area contributed by atoms with Crippen molar-refractivity contribution in [2.75, 3.05) is 24.5 Å². The van der Waals surface area contributed by atoms with Gasteiger partial charge in [-0.15, -0.1) is 0 Å². The molecule has 1 saturated heterocycles. The van der Waals surface area contributed by atoms with E-state index >= 15 is 0 Å². The molecule has 1 atom stereocenters. The third kappa shape index (κ3) is 2.26. The molecule has 0 amide bonds. The van der Waals surface area contributed by atoms with E-state index in [-0.39, 0.29) is 0 Å². The molecule has 2 rings (SSSR count). The number of nitrogens with two attached hydrogens (primary N) is 1. The van der Waals surface area contributed by atoms with Gasteiger partial charge in [0.1, 0.15) is 5.82 Å². The molecule has 4 nitrogen and oxygen atoms in total. The summed E-state index contributed by atoms with van der Waals surface area (Å²) < 4.78 is 0. The average Bonchev–Trinajstić information content (AvgIpc) is 2.30. The van der Waals surface area contributed by atoms with E-state index in [0.717, 1.165) is 31.1 Å². The van der Waals surface area contributed by atoms with E-state index in [2.05, 4.69) is 14.9 Å². The lowest BCUT2D eigenvalue weighted by atomic mass is 9.98. The Balaban J connectivity index is 2.13. The molecule has 1 fully saturated rings. The van der Waals surface area contributed by atoms with E-state index in [0.29, 0.717) is 5.92 Å². The maximum absolute atomic E-state index is 5.72. The molecule has 2 heterocycles. The van der Waals surface area contributed by atoms with Gasteiger partial charge in [0.25, 0.3) is 0 Å². The average molecular weight is 206 g/mol. The predicted molar refractivity (Wildman–Crippen MR) is 60.8 cm³/mol. The molecule has 0 bridgehead atoms. The quantitative estimate of drug-likeness (QED) is 0.783. The van der Waals surface area contributed by atoms with E-state index in [4.69, 9.17) is 5.73 Å². The minimum atomic E-state index is 0.611. The van der Waals surface area contributed by atoms with Crippen molar-refractivity contribution >= 4 is 5.82 Å². The van der Waals surface area contributed by atoms with Crippen LogP contribution in [0, 0.1) is 12.8 Å². The van der Waals surface area contributed by atoms with Crippen LogP contribution in [0.15, 0.2) is 12.4 Å². The van der Waals surface area contributed by atoms with Gasteiger partial charge in [-0.1, -0.05) is 0 Å². The van der Waals surface area contributed by atoms with Gasteiger partial charge >= 0.3 is 0 Å². The number of piperidine rings is 1. The molecule has 4 heteroatoms. The zero-order valence-electron chi connectivity index (χ0n) is 9.19. The van der Waals surface area contributed by atoms with Gasteiger partial charge in [0.15, 0.2) is 0 Å². The number of anilines is 1. The molecule has 1 aromatic rings. The molecule has 1 aromatic heterocycles. The Morgan fingerprint density at radius 2 is 2.27 bits per heavy atom. The molecule has 15 heavy (non-hydrogen) atoms. The Hall–Kier alpha value is -1.16. The van der Waals surface area contributed by atoms with Crippen LogP contribution in [0.1, 0.15) is 18.5 Å². The molecule has 0 radical (unpaired) electrons. The Kier molecular flexibility index (Phi) is 3.16. The number of aryl methyl sites for hydroxylation is 1. The summed E-state index contributed by atoms with van der Waals surface area (Å²) in [6.07, 6.45) is 5.95. The van der Waals surface area contributed by atoms with Gasteiger partial charge in [-0.25, -0.2) is 4.98 Å². The van der Waals surface area contributed by atoms with E-state index in [9.17, 15) is 0 Å². The third-order valence-electron chi connectivity index (χ3n) is 3.01. The van der Waals surface area contributed by atoms with E-state index < -0.39 is 0 Å². The minimum absolute atomic E-state index is 0.611. The van der Waals surface area contributed by atoms with Gasteiger partial charge in [-0.2, -0.15) is 0 Å². The first-order chi connectivity index (χ1) is 7.31. The minimum Gasteiger partial charge on any atom is -0.355 e. The van der Waals surface area contributed by atoms with Crippen LogP contribution in [0.4, 0.5) is 5.82 Å². The van der Waals surface area contributed by atoms with Crippen molar-refractivity contribution in [1.82, 2.24) is 9.97 Å². The van der Waals surface area contributed by atoms with Crippen molar-refractivity contribution in [1.29, 1.82) is 0 Å². The summed E-state index contributed by atoms with van der Waals surface area (Å²) in [5, 5.41) is 0. The van der Waals surface area contributed by atoms with Gasteiger partial charge in [0.05, 0.1) is 5.69 Å². The fourth-order valence-corrected chi connectivity index (χ4v) is 2.16. The molecule has 0 saturated carbocycles. The van der Waals surface area contributed by atoms with Crippen LogP contribution in [0.2, 0.25) is 0 Å². The number of hydrogen-bond donors (Lipinski definition) is 1. The molecule has 0 aromatic carbocycles. The number of nitrogens with zero attached hydrogens (tertiary/aromatic N) is 3. The van der Waals surface area contributed by atoms with Crippen molar-refractivity contribution in [3.63, 3.8) is 0 Å². The molecular formula is C11H18N4. The summed E-state index contributed by atoms with van der Waals surface area (Å²) in [4.78, 5) is 11.0. The second-order valence-corrected chi connectivity index (χ2v) is 4.16. The van der Waals surface area contributed by atoms with Gasteiger partial charge in [-0.05, 0) is 32.2 Å². The number of hydrogen-bond acceptors (Lipinski definition) is 4. The molecular weight excluding hydrogens is 188 g/mol. The Morgan fingerprint density at radius 3 is 3.00 bits per heavy atom. The SMILES string of the molecule is Cc1nccnc1N1CCC[C@@H](CN)C1. The van der Waals surface area contributed by atoms with Crippen molar-refractivity contribution < 1.29 is 0 Å². The second kappa shape index (κ2) is 4.57. The normalized spacial score (nSPS) is 21.7. The molecule has 0 aliphatic carbocycles. The van der Waals surface area contributed by atoms with Gasteiger partial charge in [-0.3, -0.25) is 4.98 Å². The van der Waals surface area contributed by atoms with Crippen molar-refractivity contribution in [2.24, 2.45) is 11.7 Å². The second-order valence-electron chi connectivity index (χ2n) is 4.16. The Labute approximate surface area is 90.5 Å². The topological polar surface area (TPSA) is 55.0 Å². The standard InChI is InChI=1S/C11H18N4/c1-9-11(14-5-4-13-9)15-6-2-3-10(7-12)8-15/h4-5,10H,2-3,6-8,12H2,1H3/t10-/m0/s1. The third-order valence-corrected chi connectivity index (χ3v) is 3.01. The zero-order valence-corrected chi connectivity index (χ0v) is 9.19. The van der Waals surface area contributed by atoms with Crippen molar-refractivity contribution in [2.45, 2.75) is 19.8 Å². The van der Waals surface area contributed by atoms with Crippen LogP contribution in [0.3, 0.4) is 0 Å². The largest absolute Gasteiger partial charge is 0.355 e. The highest BCUT2D eigenvalue weighted by Gasteiger charge is 2.20. The summed E-state index contributed by atoms with van der Waals surface area (Å²) in [5.74, 6) is 1.64. The molecule has 0 spiro atoms. The summed E-state index contributed by atoms with van der Waals surface area (Å²) in [7, 11) is 0.